The van der Waals surface area contributed by atoms with E-state index in [9.17, 15) is 4.79 Å². The van der Waals surface area contributed by atoms with Crippen molar-refractivity contribution in [2.75, 3.05) is 13.1 Å². The van der Waals surface area contributed by atoms with E-state index in [0.29, 0.717) is 19.6 Å². The molecule has 2 atom stereocenters. The van der Waals surface area contributed by atoms with Crippen molar-refractivity contribution in [3.8, 4) is 0 Å². The van der Waals surface area contributed by atoms with Crippen LogP contribution >= 0.6 is 0 Å². The third-order valence-corrected chi connectivity index (χ3v) is 4.08. The normalized spacial score (nSPS) is 22.7. The van der Waals surface area contributed by atoms with Gasteiger partial charge in [-0.15, -0.1) is 0 Å². The highest BCUT2D eigenvalue weighted by Gasteiger charge is 2.26. The maximum atomic E-state index is 12.6. The number of fused-ring (bicyclic) bond motifs is 1. The van der Waals surface area contributed by atoms with Crippen LogP contribution in [0.25, 0.3) is 10.9 Å². The van der Waals surface area contributed by atoms with Gasteiger partial charge in [-0.05, 0) is 38.3 Å². The number of benzene rings is 1. The summed E-state index contributed by atoms with van der Waals surface area (Å²) in [6, 6.07) is 10.3. The van der Waals surface area contributed by atoms with Crippen molar-refractivity contribution >= 4 is 16.8 Å². The van der Waals surface area contributed by atoms with E-state index in [0.717, 1.165) is 11.2 Å². The summed E-state index contributed by atoms with van der Waals surface area (Å²) in [5.41, 5.74) is 2.25. The van der Waals surface area contributed by atoms with E-state index in [1.165, 1.54) is 5.39 Å². The van der Waals surface area contributed by atoms with Crippen LogP contribution in [0, 0.1) is 6.92 Å². The van der Waals surface area contributed by atoms with Gasteiger partial charge in [0.15, 0.2) is 0 Å². The number of amides is 1. The molecule has 1 aliphatic heterocycles. The van der Waals surface area contributed by atoms with Crippen molar-refractivity contribution in [1.29, 1.82) is 0 Å². The van der Waals surface area contributed by atoms with Crippen LogP contribution in [0.1, 0.15) is 19.5 Å². The van der Waals surface area contributed by atoms with Crippen molar-refractivity contribution in [3.05, 3.63) is 36.0 Å². The molecule has 0 radical (unpaired) electrons. The molecule has 4 heteroatoms. The van der Waals surface area contributed by atoms with Gasteiger partial charge in [-0.25, -0.2) is 0 Å². The summed E-state index contributed by atoms with van der Waals surface area (Å²) in [6.45, 7) is 7.86. The molecule has 0 bridgehead atoms. The molecule has 0 aliphatic carbocycles. The van der Waals surface area contributed by atoms with E-state index in [-0.39, 0.29) is 18.1 Å². The number of hydrogen-bond donors (Lipinski definition) is 0. The molecule has 4 nitrogen and oxygen atoms in total. The van der Waals surface area contributed by atoms with Gasteiger partial charge >= 0.3 is 0 Å². The predicted octanol–water partition coefficient (Wildman–Crippen LogP) is 2.59. The second-order valence-electron chi connectivity index (χ2n) is 5.99. The summed E-state index contributed by atoms with van der Waals surface area (Å²) < 4.78 is 7.79. The Morgan fingerprint density at radius 2 is 1.90 bits per heavy atom. The Morgan fingerprint density at radius 1 is 1.24 bits per heavy atom. The zero-order valence-electron chi connectivity index (χ0n) is 12.9. The zero-order valence-corrected chi connectivity index (χ0v) is 12.9. The van der Waals surface area contributed by atoms with Crippen molar-refractivity contribution in [2.45, 2.75) is 39.5 Å². The zero-order chi connectivity index (χ0) is 15.0. The SMILES string of the molecule is Cc1cc2ccccc2n1CC(=O)N1C[C@H](C)O[C@@H](C)C1. The van der Waals surface area contributed by atoms with Crippen LogP contribution in [-0.4, -0.2) is 40.7 Å². The molecular formula is C17H22N2O2. The van der Waals surface area contributed by atoms with Gasteiger partial charge in [0.1, 0.15) is 6.54 Å². The average Bonchev–Trinajstić information content (AvgIpc) is 2.74. The van der Waals surface area contributed by atoms with E-state index >= 15 is 0 Å². The van der Waals surface area contributed by atoms with Gasteiger partial charge in [0.25, 0.3) is 0 Å². The summed E-state index contributed by atoms with van der Waals surface area (Å²) in [4.78, 5) is 14.5. The number of ether oxygens (including phenoxy) is 1. The second kappa shape index (κ2) is 5.53. The van der Waals surface area contributed by atoms with E-state index in [2.05, 4.69) is 29.7 Å². The lowest BCUT2D eigenvalue weighted by Gasteiger charge is -2.35. The minimum absolute atomic E-state index is 0.111. The number of carbonyl (C=O) groups excluding carboxylic acids is 1. The molecule has 2 heterocycles. The Labute approximate surface area is 125 Å². The van der Waals surface area contributed by atoms with Gasteiger partial charge in [-0.3, -0.25) is 4.79 Å². The number of hydrogen-bond acceptors (Lipinski definition) is 2. The molecular weight excluding hydrogens is 264 g/mol. The van der Waals surface area contributed by atoms with Crippen molar-refractivity contribution < 1.29 is 9.53 Å². The van der Waals surface area contributed by atoms with Crippen LogP contribution < -0.4 is 0 Å². The number of nitrogens with zero attached hydrogens (tertiary/aromatic N) is 2. The highest BCUT2D eigenvalue weighted by atomic mass is 16.5. The van der Waals surface area contributed by atoms with Crippen LogP contribution in [0.15, 0.2) is 30.3 Å². The molecule has 1 amide bonds. The Balaban J connectivity index is 1.81. The molecule has 0 unspecified atom stereocenters. The van der Waals surface area contributed by atoms with Crippen molar-refractivity contribution in [2.24, 2.45) is 0 Å². The predicted molar refractivity (Wildman–Crippen MR) is 83.3 cm³/mol. The van der Waals surface area contributed by atoms with Crippen LogP contribution in [0.4, 0.5) is 0 Å². The molecule has 2 aromatic rings. The first-order valence-corrected chi connectivity index (χ1v) is 7.52. The molecule has 0 N–H and O–H groups in total. The number of para-hydroxylation sites is 1. The lowest BCUT2D eigenvalue weighted by Crippen LogP contribution is -2.49. The lowest BCUT2D eigenvalue weighted by molar-refractivity contribution is -0.143. The van der Waals surface area contributed by atoms with E-state index in [1.807, 2.05) is 30.9 Å². The molecule has 112 valence electrons. The minimum atomic E-state index is 0.111. The molecule has 0 spiro atoms. The van der Waals surface area contributed by atoms with E-state index < -0.39 is 0 Å². The highest BCUT2D eigenvalue weighted by molar-refractivity contribution is 5.84. The first-order chi connectivity index (χ1) is 10.0. The largest absolute Gasteiger partial charge is 0.372 e. The van der Waals surface area contributed by atoms with Gasteiger partial charge in [-0.1, -0.05) is 18.2 Å². The van der Waals surface area contributed by atoms with Crippen LogP contribution in [-0.2, 0) is 16.1 Å². The first-order valence-electron chi connectivity index (χ1n) is 7.52. The highest BCUT2D eigenvalue weighted by Crippen LogP contribution is 2.20. The fourth-order valence-corrected chi connectivity index (χ4v) is 3.18. The Morgan fingerprint density at radius 3 is 2.62 bits per heavy atom. The van der Waals surface area contributed by atoms with Gasteiger partial charge in [0, 0.05) is 24.3 Å². The summed E-state index contributed by atoms with van der Waals surface area (Å²) in [5, 5.41) is 1.19. The molecule has 1 aromatic carbocycles. The van der Waals surface area contributed by atoms with Crippen molar-refractivity contribution in [3.63, 3.8) is 0 Å². The maximum absolute atomic E-state index is 12.6. The summed E-state index contributed by atoms with van der Waals surface area (Å²) in [7, 11) is 0. The van der Waals surface area contributed by atoms with Gasteiger partial charge in [0.2, 0.25) is 5.91 Å². The standard InChI is InChI=1S/C17H22N2O2/c1-12-8-15-6-4-5-7-16(15)19(12)11-17(20)18-9-13(2)21-14(3)10-18/h4-8,13-14H,9-11H2,1-3H3/t13-,14-/m0/s1. The third kappa shape index (κ3) is 2.81. The van der Waals surface area contributed by atoms with E-state index in [4.69, 9.17) is 4.74 Å². The number of aromatic nitrogens is 1. The fourth-order valence-electron chi connectivity index (χ4n) is 3.18. The molecule has 3 rings (SSSR count). The van der Waals surface area contributed by atoms with Gasteiger partial charge < -0.3 is 14.2 Å². The quantitative estimate of drug-likeness (QED) is 0.850. The molecule has 21 heavy (non-hydrogen) atoms. The Hall–Kier alpha value is -1.81. The molecule has 1 saturated heterocycles. The maximum Gasteiger partial charge on any atom is 0.242 e. The number of rotatable bonds is 2. The number of carbonyl (C=O) groups is 1. The van der Waals surface area contributed by atoms with E-state index in [1.54, 1.807) is 0 Å². The number of aryl methyl sites for hydroxylation is 1. The Bertz CT molecular complexity index is 652. The minimum Gasteiger partial charge on any atom is -0.372 e. The fraction of sp³-hybridized carbons (Fsp3) is 0.471. The van der Waals surface area contributed by atoms with Crippen LogP contribution in [0.3, 0.4) is 0 Å². The lowest BCUT2D eigenvalue weighted by atomic mass is 10.2. The molecule has 1 aliphatic rings. The summed E-state index contributed by atoms with van der Waals surface area (Å²) in [5.74, 6) is 0.168. The molecule has 1 fully saturated rings. The van der Waals surface area contributed by atoms with Gasteiger partial charge in [-0.2, -0.15) is 0 Å². The summed E-state index contributed by atoms with van der Waals surface area (Å²) in [6.07, 6.45) is 0.223. The smallest absolute Gasteiger partial charge is 0.242 e. The summed E-state index contributed by atoms with van der Waals surface area (Å²) >= 11 is 0. The third-order valence-electron chi connectivity index (χ3n) is 4.08. The first kappa shape index (κ1) is 14.1. The molecule has 1 aromatic heterocycles. The second-order valence-corrected chi connectivity index (χ2v) is 5.99. The number of morpholine rings is 1. The average molecular weight is 286 g/mol. The Kier molecular flexibility index (Phi) is 3.72. The van der Waals surface area contributed by atoms with Crippen LogP contribution in [0.2, 0.25) is 0 Å². The van der Waals surface area contributed by atoms with Gasteiger partial charge in [0.05, 0.1) is 12.2 Å². The monoisotopic (exact) mass is 286 g/mol. The van der Waals surface area contributed by atoms with Crippen LogP contribution in [0.5, 0.6) is 0 Å². The molecule has 0 saturated carbocycles. The van der Waals surface area contributed by atoms with Crippen molar-refractivity contribution in [1.82, 2.24) is 9.47 Å². The topological polar surface area (TPSA) is 34.5 Å².